The SMILES string of the molecule is Cc1ccc(N)c(C(=O)Nc2n[nH]c(C)c2C)c1. The van der Waals surface area contributed by atoms with Crippen LogP contribution in [0, 0.1) is 20.8 Å². The number of hydrogen-bond acceptors (Lipinski definition) is 3. The van der Waals surface area contributed by atoms with Crippen LogP contribution < -0.4 is 11.1 Å². The summed E-state index contributed by atoms with van der Waals surface area (Å²) in [5.74, 6) is 0.296. The van der Waals surface area contributed by atoms with Gasteiger partial charge in [0.15, 0.2) is 5.82 Å². The van der Waals surface area contributed by atoms with Gasteiger partial charge in [-0.2, -0.15) is 5.10 Å². The first-order valence-electron chi connectivity index (χ1n) is 5.68. The Hall–Kier alpha value is -2.30. The van der Waals surface area contributed by atoms with Crippen LogP contribution in [-0.4, -0.2) is 16.1 Å². The molecule has 4 N–H and O–H groups in total. The largest absolute Gasteiger partial charge is 0.398 e. The summed E-state index contributed by atoms with van der Waals surface area (Å²) in [6.45, 7) is 5.72. The van der Waals surface area contributed by atoms with E-state index in [1.165, 1.54) is 0 Å². The molecule has 0 saturated heterocycles. The molecule has 5 heteroatoms. The molecule has 2 aromatic rings. The number of nitrogen functional groups attached to an aromatic ring is 1. The maximum Gasteiger partial charge on any atom is 0.258 e. The summed E-state index contributed by atoms with van der Waals surface area (Å²) in [6, 6.07) is 5.36. The maximum atomic E-state index is 12.1. The van der Waals surface area contributed by atoms with Crippen LogP contribution in [0.25, 0.3) is 0 Å². The van der Waals surface area contributed by atoms with Gasteiger partial charge < -0.3 is 11.1 Å². The van der Waals surface area contributed by atoms with Gasteiger partial charge in [0.05, 0.1) is 5.56 Å². The van der Waals surface area contributed by atoms with Crippen LogP contribution in [0.5, 0.6) is 0 Å². The van der Waals surface area contributed by atoms with Crippen molar-refractivity contribution >= 4 is 17.4 Å². The standard InChI is InChI=1S/C13H16N4O/c1-7-4-5-11(14)10(6-7)13(18)15-12-8(2)9(3)16-17-12/h4-6H,14H2,1-3H3,(H2,15,16,17,18). The van der Waals surface area contributed by atoms with Crippen molar-refractivity contribution in [3.05, 3.63) is 40.6 Å². The molecule has 0 aliphatic rings. The normalized spacial score (nSPS) is 10.4. The van der Waals surface area contributed by atoms with E-state index < -0.39 is 0 Å². The topological polar surface area (TPSA) is 83.8 Å². The van der Waals surface area contributed by atoms with Crippen LogP contribution in [-0.2, 0) is 0 Å². The number of anilines is 2. The predicted octanol–water partition coefficient (Wildman–Crippen LogP) is 2.17. The molecule has 1 amide bonds. The number of hydrogen-bond donors (Lipinski definition) is 3. The van der Waals surface area contributed by atoms with Crippen LogP contribution >= 0.6 is 0 Å². The van der Waals surface area contributed by atoms with Crippen molar-refractivity contribution in [1.82, 2.24) is 10.2 Å². The lowest BCUT2D eigenvalue weighted by atomic mass is 10.1. The summed E-state index contributed by atoms with van der Waals surface area (Å²) in [4.78, 5) is 12.1. The van der Waals surface area contributed by atoms with Crippen molar-refractivity contribution in [1.29, 1.82) is 0 Å². The Bertz CT molecular complexity index is 601. The van der Waals surface area contributed by atoms with Gasteiger partial charge in [-0.1, -0.05) is 11.6 Å². The van der Waals surface area contributed by atoms with Crippen LogP contribution in [0.4, 0.5) is 11.5 Å². The van der Waals surface area contributed by atoms with Crippen LogP contribution in [0.15, 0.2) is 18.2 Å². The van der Waals surface area contributed by atoms with Gasteiger partial charge in [0.25, 0.3) is 5.91 Å². The van der Waals surface area contributed by atoms with Crippen molar-refractivity contribution in [3.63, 3.8) is 0 Å². The van der Waals surface area contributed by atoms with E-state index in [9.17, 15) is 4.79 Å². The second-order valence-electron chi connectivity index (χ2n) is 4.37. The Morgan fingerprint density at radius 1 is 1.33 bits per heavy atom. The van der Waals surface area contributed by atoms with Gasteiger partial charge in [-0.05, 0) is 32.9 Å². The quantitative estimate of drug-likeness (QED) is 0.708. The number of amides is 1. The summed E-state index contributed by atoms with van der Waals surface area (Å²) in [6.07, 6.45) is 0. The molecule has 2 rings (SSSR count). The highest BCUT2D eigenvalue weighted by molar-refractivity contribution is 6.07. The zero-order valence-electron chi connectivity index (χ0n) is 10.7. The number of aromatic amines is 1. The van der Waals surface area contributed by atoms with Crippen molar-refractivity contribution in [2.75, 3.05) is 11.1 Å². The van der Waals surface area contributed by atoms with E-state index in [0.717, 1.165) is 16.8 Å². The molecule has 0 aliphatic carbocycles. The minimum Gasteiger partial charge on any atom is -0.398 e. The van der Waals surface area contributed by atoms with Crippen molar-refractivity contribution in [2.45, 2.75) is 20.8 Å². The van der Waals surface area contributed by atoms with E-state index in [0.29, 0.717) is 17.1 Å². The molecule has 0 aliphatic heterocycles. The molecule has 0 unspecified atom stereocenters. The first kappa shape index (κ1) is 12.2. The van der Waals surface area contributed by atoms with Crippen LogP contribution in [0.1, 0.15) is 27.2 Å². The molecule has 1 heterocycles. The fraction of sp³-hybridized carbons (Fsp3) is 0.231. The zero-order valence-corrected chi connectivity index (χ0v) is 10.7. The Morgan fingerprint density at radius 2 is 2.06 bits per heavy atom. The monoisotopic (exact) mass is 244 g/mol. The lowest BCUT2D eigenvalue weighted by Gasteiger charge is -2.07. The first-order chi connectivity index (χ1) is 8.49. The van der Waals surface area contributed by atoms with Gasteiger partial charge in [0.1, 0.15) is 0 Å². The summed E-state index contributed by atoms with van der Waals surface area (Å²) < 4.78 is 0. The number of carbonyl (C=O) groups is 1. The molecule has 0 radical (unpaired) electrons. The molecule has 0 bridgehead atoms. The lowest BCUT2D eigenvalue weighted by Crippen LogP contribution is -2.15. The molecule has 1 aromatic carbocycles. The van der Waals surface area contributed by atoms with Gasteiger partial charge in [-0.15, -0.1) is 0 Å². The molecular weight excluding hydrogens is 228 g/mol. The maximum absolute atomic E-state index is 12.1. The summed E-state index contributed by atoms with van der Waals surface area (Å²) in [5.41, 5.74) is 9.58. The highest BCUT2D eigenvalue weighted by Gasteiger charge is 2.13. The predicted molar refractivity (Wildman–Crippen MR) is 71.6 cm³/mol. The van der Waals surface area contributed by atoms with E-state index in [-0.39, 0.29) is 5.91 Å². The second-order valence-corrected chi connectivity index (χ2v) is 4.37. The Kier molecular flexibility index (Phi) is 3.06. The third-order valence-electron chi connectivity index (χ3n) is 2.94. The van der Waals surface area contributed by atoms with Crippen molar-refractivity contribution in [2.24, 2.45) is 0 Å². The van der Waals surface area contributed by atoms with E-state index in [1.54, 1.807) is 12.1 Å². The molecule has 0 atom stereocenters. The number of aromatic nitrogens is 2. The number of nitrogens with zero attached hydrogens (tertiary/aromatic N) is 1. The average Bonchev–Trinajstić information content (AvgIpc) is 2.64. The molecule has 0 spiro atoms. The average molecular weight is 244 g/mol. The third-order valence-corrected chi connectivity index (χ3v) is 2.94. The Balaban J connectivity index is 2.27. The molecular formula is C13H16N4O. The molecule has 5 nitrogen and oxygen atoms in total. The van der Waals surface area contributed by atoms with E-state index in [2.05, 4.69) is 15.5 Å². The third kappa shape index (κ3) is 2.20. The first-order valence-corrected chi connectivity index (χ1v) is 5.68. The highest BCUT2D eigenvalue weighted by atomic mass is 16.1. The van der Waals surface area contributed by atoms with Crippen LogP contribution in [0.2, 0.25) is 0 Å². The molecule has 94 valence electrons. The number of aryl methyl sites for hydroxylation is 2. The minimum absolute atomic E-state index is 0.245. The smallest absolute Gasteiger partial charge is 0.258 e. The molecule has 18 heavy (non-hydrogen) atoms. The fourth-order valence-electron chi connectivity index (χ4n) is 1.65. The molecule has 0 fully saturated rings. The van der Waals surface area contributed by atoms with Gasteiger partial charge in [0.2, 0.25) is 0 Å². The van der Waals surface area contributed by atoms with Gasteiger partial charge in [0, 0.05) is 16.9 Å². The van der Waals surface area contributed by atoms with Gasteiger partial charge >= 0.3 is 0 Å². The fourth-order valence-corrected chi connectivity index (χ4v) is 1.65. The van der Waals surface area contributed by atoms with E-state index in [1.807, 2.05) is 26.8 Å². The van der Waals surface area contributed by atoms with Gasteiger partial charge in [-0.3, -0.25) is 9.89 Å². The molecule has 1 aromatic heterocycles. The van der Waals surface area contributed by atoms with Gasteiger partial charge in [-0.25, -0.2) is 0 Å². The number of benzene rings is 1. The molecule has 0 saturated carbocycles. The summed E-state index contributed by atoms with van der Waals surface area (Å²) in [5, 5.41) is 9.61. The number of nitrogens with one attached hydrogen (secondary N) is 2. The number of H-pyrrole nitrogens is 1. The van der Waals surface area contributed by atoms with Crippen LogP contribution in [0.3, 0.4) is 0 Å². The Morgan fingerprint density at radius 3 is 2.67 bits per heavy atom. The number of rotatable bonds is 2. The lowest BCUT2D eigenvalue weighted by molar-refractivity contribution is 0.102. The van der Waals surface area contributed by atoms with Crippen molar-refractivity contribution in [3.8, 4) is 0 Å². The van der Waals surface area contributed by atoms with Crippen molar-refractivity contribution < 1.29 is 4.79 Å². The highest BCUT2D eigenvalue weighted by Crippen LogP contribution is 2.18. The second kappa shape index (κ2) is 4.52. The van der Waals surface area contributed by atoms with E-state index >= 15 is 0 Å². The van der Waals surface area contributed by atoms with E-state index in [4.69, 9.17) is 5.73 Å². The minimum atomic E-state index is -0.245. The number of carbonyl (C=O) groups excluding carboxylic acids is 1. The summed E-state index contributed by atoms with van der Waals surface area (Å²) >= 11 is 0. The Labute approximate surface area is 105 Å². The zero-order chi connectivity index (χ0) is 13.3. The summed E-state index contributed by atoms with van der Waals surface area (Å²) in [7, 11) is 0. The number of nitrogens with two attached hydrogens (primary N) is 1.